The Hall–Kier alpha value is -3.52. The van der Waals surface area contributed by atoms with E-state index in [0.29, 0.717) is 15.9 Å². The van der Waals surface area contributed by atoms with E-state index in [1.807, 2.05) is 31.2 Å². The van der Waals surface area contributed by atoms with Crippen molar-refractivity contribution in [2.24, 2.45) is 0 Å². The van der Waals surface area contributed by atoms with Gasteiger partial charge in [-0.2, -0.15) is 0 Å². The highest BCUT2D eigenvalue weighted by atomic mass is 32.1. The molecule has 0 aliphatic carbocycles. The number of aryl methyl sites for hydroxylation is 1. The van der Waals surface area contributed by atoms with E-state index in [1.165, 1.54) is 23.5 Å². The minimum atomic E-state index is -0.541. The third kappa shape index (κ3) is 2.96. The van der Waals surface area contributed by atoms with E-state index in [4.69, 9.17) is 5.73 Å². The Bertz CT molecular complexity index is 1230. The molecule has 8 heteroatoms. The molecular formula is C19H14N4O3S. The molecule has 4 aromatic rings. The van der Waals surface area contributed by atoms with E-state index in [2.05, 4.69) is 10.3 Å². The van der Waals surface area contributed by atoms with Crippen molar-refractivity contribution in [2.75, 3.05) is 11.1 Å². The molecule has 27 heavy (non-hydrogen) atoms. The van der Waals surface area contributed by atoms with Crippen molar-refractivity contribution in [2.45, 2.75) is 6.92 Å². The van der Waals surface area contributed by atoms with Gasteiger partial charge in [0.15, 0.2) is 0 Å². The number of nitro groups is 1. The van der Waals surface area contributed by atoms with E-state index in [9.17, 15) is 14.9 Å². The number of nitro benzene ring substituents is 1. The summed E-state index contributed by atoms with van der Waals surface area (Å²) in [5, 5.41) is 15.4. The van der Waals surface area contributed by atoms with Crippen LogP contribution >= 0.6 is 11.3 Å². The van der Waals surface area contributed by atoms with Crippen LogP contribution < -0.4 is 11.1 Å². The first-order chi connectivity index (χ1) is 12.9. The topological polar surface area (TPSA) is 111 Å². The number of hydrogen-bond donors (Lipinski definition) is 2. The second-order valence-corrected chi connectivity index (χ2v) is 7.11. The second kappa shape index (κ2) is 6.33. The van der Waals surface area contributed by atoms with Gasteiger partial charge >= 0.3 is 0 Å². The zero-order chi connectivity index (χ0) is 19.1. The maximum Gasteiger partial charge on any atom is 0.292 e. The number of rotatable bonds is 3. The van der Waals surface area contributed by atoms with Crippen LogP contribution in [0.4, 0.5) is 17.1 Å². The highest BCUT2D eigenvalue weighted by Gasteiger charge is 2.21. The van der Waals surface area contributed by atoms with Gasteiger partial charge in [0.25, 0.3) is 11.6 Å². The smallest absolute Gasteiger partial charge is 0.292 e. The van der Waals surface area contributed by atoms with Gasteiger partial charge < -0.3 is 11.1 Å². The molecule has 0 saturated carbocycles. The Balaban J connectivity index is 1.77. The summed E-state index contributed by atoms with van der Waals surface area (Å²) in [4.78, 5) is 28.8. The normalized spacial score (nSPS) is 11.0. The Labute approximate surface area is 157 Å². The Kier molecular flexibility index (Phi) is 3.97. The third-order valence-corrected chi connectivity index (χ3v) is 5.34. The van der Waals surface area contributed by atoms with Gasteiger partial charge in [-0.1, -0.05) is 23.8 Å². The van der Waals surface area contributed by atoms with E-state index in [-0.39, 0.29) is 16.3 Å². The molecule has 0 aliphatic rings. The number of para-hydroxylation sites is 2. The van der Waals surface area contributed by atoms with E-state index in [0.717, 1.165) is 16.5 Å². The molecule has 134 valence electrons. The van der Waals surface area contributed by atoms with Crippen molar-refractivity contribution in [1.29, 1.82) is 0 Å². The molecule has 0 aliphatic heterocycles. The average molecular weight is 378 g/mol. The highest BCUT2D eigenvalue weighted by Crippen LogP contribution is 2.35. The van der Waals surface area contributed by atoms with Crippen LogP contribution in [0.2, 0.25) is 0 Å². The summed E-state index contributed by atoms with van der Waals surface area (Å²) < 4.78 is 0. The number of carbonyl (C=O) groups is 1. The van der Waals surface area contributed by atoms with Crippen molar-refractivity contribution in [1.82, 2.24) is 4.98 Å². The standard InChI is InChI=1S/C19H14N4O3S/c1-10-6-7-13-11(8-10)9-12-16(20)17(27-19(12)22-13)18(24)21-14-4-2-3-5-15(14)23(25)26/h2-9H,20H2,1H3,(H,21,24). The summed E-state index contributed by atoms with van der Waals surface area (Å²) in [6.07, 6.45) is 0. The van der Waals surface area contributed by atoms with Crippen LogP contribution in [-0.4, -0.2) is 15.8 Å². The first kappa shape index (κ1) is 16.9. The molecule has 0 bridgehead atoms. The number of nitrogen functional groups attached to an aromatic ring is 1. The molecule has 0 saturated heterocycles. The number of carbonyl (C=O) groups excluding carboxylic acids is 1. The molecule has 0 unspecified atom stereocenters. The number of fused-ring (bicyclic) bond motifs is 2. The molecule has 0 atom stereocenters. The molecule has 2 heterocycles. The molecule has 7 nitrogen and oxygen atoms in total. The number of nitrogens with one attached hydrogen (secondary N) is 1. The summed E-state index contributed by atoms with van der Waals surface area (Å²) in [5.74, 6) is -0.495. The van der Waals surface area contributed by atoms with Gasteiger partial charge in [0.1, 0.15) is 15.4 Å². The van der Waals surface area contributed by atoms with Crippen molar-refractivity contribution >= 4 is 55.4 Å². The number of pyridine rings is 1. The SMILES string of the molecule is Cc1ccc2nc3sc(C(=O)Nc4ccccc4[N+](=O)[O-])c(N)c3cc2c1. The lowest BCUT2D eigenvalue weighted by Gasteiger charge is -2.05. The van der Waals surface area contributed by atoms with E-state index in [1.54, 1.807) is 12.1 Å². The Morgan fingerprint density at radius 1 is 1.22 bits per heavy atom. The quantitative estimate of drug-likeness (QED) is 0.403. The summed E-state index contributed by atoms with van der Waals surface area (Å²) in [6, 6.07) is 13.8. The molecule has 0 radical (unpaired) electrons. The number of nitrogens with two attached hydrogens (primary N) is 1. The predicted octanol–water partition coefficient (Wildman–Crippen LogP) is 4.50. The number of anilines is 2. The maximum atomic E-state index is 12.7. The number of nitrogens with zero attached hydrogens (tertiary/aromatic N) is 2. The molecule has 3 N–H and O–H groups in total. The third-order valence-electron chi connectivity index (χ3n) is 4.22. The number of hydrogen-bond acceptors (Lipinski definition) is 6. The summed E-state index contributed by atoms with van der Waals surface area (Å²) in [6.45, 7) is 1.99. The maximum absolute atomic E-state index is 12.7. The lowest BCUT2D eigenvalue weighted by Crippen LogP contribution is -2.13. The van der Waals surface area contributed by atoms with Crippen molar-refractivity contribution < 1.29 is 9.72 Å². The van der Waals surface area contributed by atoms with Gasteiger partial charge in [-0.25, -0.2) is 4.98 Å². The lowest BCUT2D eigenvalue weighted by atomic mass is 10.1. The molecule has 0 spiro atoms. The van der Waals surface area contributed by atoms with E-state index >= 15 is 0 Å². The summed E-state index contributed by atoms with van der Waals surface area (Å²) in [7, 11) is 0. The van der Waals surface area contributed by atoms with Crippen LogP contribution in [0.25, 0.3) is 21.1 Å². The molecular weight excluding hydrogens is 364 g/mol. The van der Waals surface area contributed by atoms with Gasteiger partial charge in [0.2, 0.25) is 0 Å². The zero-order valence-corrected chi connectivity index (χ0v) is 15.0. The van der Waals surface area contributed by atoms with Crippen LogP contribution in [0.5, 0.6) is 0 Å². The van der Waals surface area contributed by atoms with Crippen LogP contribution in [0.15, 0.2) is 48.5 Å². The Morgan fingerprint density at radius 3 is 2.78 bits per heavy atom. The number of benzene rings is 2. The fourth-order valence-corrected chi connectivity index (χ4v) is 3.89. The number of amides is 1. The second-order valence-electron chi connectivity index (χ2n) is 6.11. The Morgan fingerprint density at radius 2 is 2.00 bits per heavy atom. The number of thiophene rings is 1. The monoisotopic (exact) mass is 378 g/mol. The highest BCUT2D eigenvalue weighted by molar-refractivity contribution is 7.21. The molecule has 2 aromatic heterocycles. The molecule has 1 amide bonds. The fraction of sp³-hybridized carbons (Fsp3) is 0.0526. The molecule has 2 aromatic carbocycles. The van der Waals surface area contributed by atoms with Crippen LogP contribution in [0, 0.1) is 17.0 Å². The van der Waals surface area contributed by atoms with Gasteiger partial charge in [0, 0.05) is 16.8 Å². The van der Waals surface area contributed by atoms with Crippen LogP contribution in [-0.2, 0) is 0 Å². The van der Waals surface area contributed by atoms with Gasteiger partial charge in [-0.3, -0.25) is 14.9 Å². The van der Waals surface area contributed by atoms with Crippen molar-refractivity contribution in [3.8, 4) is 0 Å². The minimum Gasteiger partial charge on any atom is -0.397 e. The molecule has 4 rings (SSSR count). The van der Waals surface area contributed by atoms with E-state index < -0.39 is 10.8 Å². The fourth-order valence-electron chi connectivity index (χ4n) is 2.91. The predicted molar refractivity (Wildman–Crippen MR) is 107 cm³/mol. The van der Waals surface area contributed by atoms with Gasteiger partial charge in [0.05, 0.1) is 16.1 Å². The van der Waals surface area contributed by atoms with Gasteiger partial charge in [-0.15, -0.1) is 11.3 Å². The van der Waals surface area contributed by atoms with Gasteiger partial charge in [-0.05, 0) is 31.2 Å². The number of aromatic nitrogens is 1. The first-order valence-corrected chi connectivity index (χ1v) is 8.90. The largest absolute Gasteiger partial charge is 0.397 e. The molecule has 0 fully saturated rings. The summed E-state index contributed by atoms with van der Waals surface area (Å²) in [5.41, 5.74) is 8.39. The van der Waals surface area contributed by atoms with Crippen LogP contribution in [0.1, 0.15) is 15.2 Å². The first-order valence-electron chi connectivity index (χ1n) is 8.08. The van der Waals surface area contributed by atoms with Crippen molar-refractivity contribution in [3.63, 3.8) is 0 Å². The summed E-state index contributed by atoms with van der Waals surface area (Å²) >= 11 is 1.17. The zero-order valence-electron chi connectivity index (χ0n) is 14.2. The van der Waals surface area contributed by atoms with Crippen LogP contribution in [0.3, 0.4) is 0 Å². The average Bonchev–Trinajstić information content (AvgIpc) is 2.96. The minimum absolute atomic E-state index is 0.123. The lowest BCUT2D eigenvalue weighted by molar-refractivity contribution is -0.383. The van der Waals surface area contributed by atoms with Crippen molar-refractivity contribution in [3.05, 3.63) is 69.1 Å².